The van der Waals surface area contributed by atoms with Crippen molar-refractivity contribution >= 4 is 32.8 Å². The summed E-state index contributed by atoms with van der Waals surface area (Å²) in [6.45, 7) is 2.69. The van der Waals surface area contributed by atoms with Crippen LogP contribution in [0.4, 0.5) is 10.5 Å². The van der Waals surface area contributed by atoms with Gasteiger partial charge in [0.2, 0.25) is 10.0 Å². The summed E-state index contributed by atoms with van der Waals surface area (Å²) >= 11 is 0. The van der Waals surface area contributed by atoms with Gasteiger partial charge in [-0.05, 0) is 42.8 Å². The van der Waals surface area contributed by atoms with Crippen LogP contribution in [0.15, 0.2) is 47.4 Å². The molecule has 2 N–H and O–H groups in total. The van der Waals surface area contributed by atoms with E-state index in [1.165, 1.54) is 26.2 Å². The van der Waals surface area contributed by atoms with E-state index in [9.17, 15) is 13.2 Å². The molecule has 3 rings (SSSR count). The Hall–Kier alpha value is -2.98. The molecular weight excluding hydrogens is 380 g/mol. The van der Waals surface area contributed by atoms with Crippen LogP contribution in [0.1, 0.15) is 5.56 Å². The molecule has 148 valence electrons. The molecule has 2 amide bonds. The molecule has 10 heteroatoms. The van der Waals surface area contributed by atoms with Crippen molar-refractivity contribution in [1.82, 2.24) is 24.6 Å². The molecule has 0 saturated heterocycles. The van der Waals surface area contributed by atoms with Gasteiger partial charge in [0.15, 0.2) is 0 Å². The monoisotopic (exact) mass is 402 g/mol. The minimum absolute atomic E-state index is 0.160. The standard InChI is InChI=1S/C18H22N6O3S/c1-13-5-4-6-14(11-13)20-18(25)19-9-10-24-17-8-7-15(12-16(17)21-22-24)28(26,27)23(2)3/h4-8,11-12H,9-10H2,1-3H3,(H2,19,20,25). The molecule has 0 aliphatic carbocycles. The minimum Gasteiger partial charge on any atom is -0.336 e. The second-order valence-corrected chi connectivity index (χ2v) is 8.65. The number of amides is 2. The molecule has 0 fully saturated rings. The molecule has 2 aromatic carbocycles. The zero-order valence-corrected chi connectivity index (χ0v) is 16.7. The molecule has 0 aliphatic heterocycles. The van der Waals surface area contributed by atoms with Crippen LogP contribution in [0.3, 0.4) is 0 Å². The van der Waals surface area contributed by atoms with Gasteiger partial charge in [-0.2, -0.15) is 0 Å². The van der Waals surface area contributed by atoms with E-state index in [1.54, 1.807) is 10.7 Å². The number of sulfonamides is 1. The number of aryl methyl sites for hydroxylation is 1. The number of nitrogens with zero attached hydrogens (tertiary/aromatic N) is 4. The van der Waals surface area contributed by atoms with Gasteiger partial charge < -0.3 is 10.6 Å². The summed E-state index contributed by atoms with van der Waals surface area (Å²) in [5.41, 5.74) is 2.95. The molecule has 0 atom stereocenters. The van der Waals surface area contributed by atoms with Crippen LogP contribution >= 0.6 is 0 Å². The number of anilines is 1. The highest BCUT2D eigenvalue weighted by molar-refractivity contribution is 7.89. The second kappa shape index (κ2) is 7.95. The molecule has 0 bridgehead atoms. The molecule has 0 spiro atoms. The highest BCUT2D eigenvalue weighted by Crippen LogP contribution is 2.19. The molecular formula is C18H22N6O3S. The van der Waals surface area contributed by atoms with E-state index >= 15 is 0 Å². The predicted octanol–water partition coefficient (Wildman–Crippen LogP) is 1.81. The van der Waals surface area contributed by atoms with Gasteiger partial charge in [0, 0.05) is 26.3 Å². The van der Waals surface area contributed by atoms with Gasteiger partial charge in [0.1, 0.15) is 5.52 Å². The van der Waals surface area contributed by atoms with Gasteiger partial charge in [0.05, 0.1) is 17.0 Å². The van der Waals surface area contributed by atoms with Crippen molar-refractivity contribution in [2.75, 3.05) is 26.0 Å². The maximum Gasteiger partial charge on any atom is 0.319 e. The lowest BCUT2D eigenvalue weighted by atomic mass is 10.2. The summed E-state index contributed by atoms with van der Waals surface area (Å²) in [5.74, 6) is 0. The van der Waals surface area contributed by atoms with E-state index in [0.29, 0.717) is 24.1 Å². The van der Waals surface area contributed by atoms with Crippen molar-refractivity contribution < 1.29 is 13.2 Å². The van der Waals surface area contributed by atoms with E-state index in [1.807, 2.05) is 31.2 Å². The van der Waals surface area contributed by atoms with Crippen molar-refractivity contribution in [2.24, 2.45) is 0 Å². The summed E-state index contributed by atoms with van der Waals surface area (Å²) in [7, 11) is -0.577. The highest BCUT2D eigenvalue weighted by Gasteiger charge is 2.18. The molecule has 28 heavy (non-hydrogen) atoms. The van der Waals surface area contributed by atoms with Crippen LogP contribution < -0.4 is 10.6 Å². The molecule has 9 nitrogen and oxygen atoms in total. The Kier molecular flexibility index (Phi) is 5.61. The Morgan fingerprint density at radius 3 is 2.68 bits per heavy atom. The van der Waals surface area contributed by atoms with Gasteiger partial charge in [-0.25, -0.2) is 22.2 Å². The van der Waals surface area contributed by atoms with Gasteiger partial charge in [0.25, 0.3) is 0 Å². The number of carbonyl (C=O) groups excluding carboxylic acids is 1. The fourth-order valence-corrected chi connectivity index (χ4v) is 3.58. The number of nitrogens with one attached hydrogen (secondary N) is 2. The molecule has 1 aromatic heterocycles. The van der Waals surface area contributed by atoms with Crippen LogP contribution in [-0.4, -0.2) is 54.4 Å². The lowest BCUT2D eigenvalue weighted by Gasteiger charge is -2.11. The van der Waals surface area contributed by atoms with Crippen molar-refractivity contribution in [3.05, 3.63) is 48.0 Å². The normalized spacial score (nSPS) is 11.7. The lowest BCUT2D eigenvalue weighted by Crippen LogP contribution is -2.31. The van der Waals surface area contributed by atoms with E-state index < -0.39 is 10.0 Å². The third kappa shape index (κ3) is 4.29. The second-order valence-electron chi connectivity index (χ2n) is 6.50. The Morgan fingerprint density at radius 1 is 1.18 bits per heavy atom. The summed E-state index contributed by atoms with van der Waals surface area (Å²) in [6, 6.07) is 11.9. The van der Waals surface area contributed by atoms with Crippen molar-refractivity contribution in [3.63, 3.8) is 0 Å². The first kappa shape index (κ1) is 19.8. The van der Waals surface area contributed by atoms with Crippen molar-refractivity contribution in [3.8, 4) is 0 Å². The van der Waals surface area contributed by atoms with Crippen molar-refractivity contribution in [1.29, 1.82) is 0 Å². The SMILES string of the molecule is Cc1cccc(NC(=O)NCCn2nnc3cc(S(=O)(=O)N(C)C)ccc32)c1. The van der Waals surface area contributed by atoms with Gasteiger partial charge in [-0.15, -0.1) is 5.10 Å². The van der Waals surface area contributed by atoms with Gasteiger partial charge >= 0.3 is 6.03 Å². The highest BCUT2D eigenvalue weighted by atomic mass is 32.2. The molecule has 0 aliphatic rings. The number of carbonyl (C=O) groups is 1. The fourth-order valence-electron chi connectivity index (χ4n) is 2.66. The van der Waals surface area contributed by atoms with E-state index in [0.717, 1.165) is 15.6 Å². The number of hydrogen-bond acceptors (Lipinski definition) is 5. The van der Waals surface area contributed by atoms with Crippen LogP contribution in [0.2, 0.25) is 0 Å². The number of hydrogen-bond donors (Lipinski definition) is 2. The zero-order chi connectivity index (χ0) is 20.3. The van der Waals surface area contributed by atoms with Crippen LogP contribution in [-0.2, 0) is 16.6 Å². The number of urea groups is 1. The van der Waals surface area contributed by atoms with E-state index in [4.69, 9.17) is 0 Å². The zero-order valence-electron chi connectivity index (χ0n) is 15.9. The topological polar surface area (TPSA) is 109 Å². The predicted molar refractivity (Wildman–Crippen MR) is 107 cm³/mol. The summed E-state index contributed by atoms with van der Waals surface area (Å²) in [6.07, 6.45) is 0. The third-order valence-corrected chi connectivity index (χ3v) is 5.96. The number of rotatable bonds is 6. The van der Waals surface area contributed by atoms with Crippen molar-refractivity contribution in [2.45, 2.75) is 18.4 Å². The van der Waals surface area contributed by atoms with E-state index in [-0.39, 0.29) is 10.9 Å². The molecule has 0 radical (unpaired) electrons. The molecule has 0 unspecified atom stereocenters. The Bertz CT molecular complexity index is 1110. The Balaban J connectivity index is 1.63. The Morgan fingerprint density at radius 2 is 1.96 bits per heavy atom. The van der Waals surface area contributed by atoms with Gasteiger partial charge in [-0.3, -0.25) is 0 Å². The minimum atomic E-state index is -3.53. The third-order valence-electron chi connectivity index (χ3n) is 4.15. The molecule has 1 heterocycles. The smallest absolute Gasteiger partial charge is 0.319 e. The maximum atomic E-state index is 12.2. The molecule has 3 aromatic rings. The summed E-state index contributed by atoms with van der Waals surface area (Å²) < 4.78 is 27.2. The first-order valence-electron chi connectivity index (χ1n) is 8.64. The average molecular weight is 402 g/mol. The largest absolute Gasteiger partial charge is 0.336 e. The van der Waals surface area contributed by atoms with E-state index in [2.05, 4.69) is 20.9 Å². The number of fused-ring (bicyclic) bond motifs is 1. The van der Waals surface area contributed by atoms with Crippen LogP contribution in [0.5, 0.6) is 0 Å². The van der Waals surface area contributed by atoms with Crippen LogP contribution in [0.25, 0.3) is 11.0 Å². The Labute approximate surface area is 163 Å². The quantitative estimate of drug-likeness (QED) is 0.654. The summed E-state index contributed by atoms with van der Waals surface area (Å²) in [5, 5.41) is 13.6. The van der Waals surface area contributed by atoms with Gasteiger partial charge in [-0.1, -0.05) is 17.3 Å². The summed E-state index contributed by atoms with van der Waals surface area (Å²) in [4.78, 5) is 12.2. The van der Waals surface area contributed by atoms with Crippen LogP contribution in [0, 0.1) is 6.92 Å². The number of benzene rings is 2. The first-order chi connectivity index (χ1) is 13.3. The average Bonchev–Trinajstić information content (AvgIpc) is 3.04. The first-order valence-corrected chi connectivity index (χ1v) is 10.1. The molecule has 0 saturated carbocycles. The number of aromatic nitrogens is 3. The fraction of sp³-hybridized carbons (Fsp3) is 0.278. The lowest BCUT2D eigenvalue weighted by molar-refractivity contribution is 0.251. The maximum absolute atomic E-state index is 12.2.